The van der Waals surface area contributed by atoms with Crippen molar-refractivity contribution in [2.45, 2.75) is 26.8 Å². The fourth-order valence-corrected chi connectivity index (χ4v) is 3.16. The van der Waals surface area contributed by atoms with Crippen LogP contribution in [0.15, 0.2) is 30.3 Å². The Kier molecular flexibility index (Phi) is 4.79. The van der Waals surface area contributed by atoms with E-state index in [-0.39, 0.29) is 11.9 Å². The average Bonchev–Trinajstić information content (AvgIpc) is 3.27. The van der Waals surface area contributed by atoms with Crippen LogP contribution in [0.5, 0.6) is 5.75 Å². The number of rotatable bonds is 5. The molecule has 7 heteroatoms. The quantitative estimate of drug-likeness (QED) is 0.737. The number of ether oxygens (including phenoxy) is 1. The number of aromatic amines is 2. The standard InChI is InChI=1S/C19H23N5O2/c1-11-18(12(2)21-20-11)13(3)24(4)19(25)16-10-15(22-23-16)14-8-6-7-9-17(14)26-5/h6-10,13H,1-5H3,(H,20,21)(H,22,23)/t13-/m1/s1. The van der Waals surface area contributed by atoms with Crippen LogP contribution in [0.25, 0.3) is 11.3 Å². The summed E-state index contributed by atoms with van der Waals surface area (Å²) >= 11 is 0. The van der Waals surface area contributed by atoms with Gasteiger partial charge in [-0.25, -0.2) is 0 Å². The van der Waals surface area contributed by atoms with Gasteiger partial charge in [0, 0.05) is 23.9 Å². The van der Waals surface area contributed by atoms with Gasteiger partial charge in [-0.05, 0) is 39.0 Å². The van der Waals surface area contributed by atoms with Crippen molar-refractivity contribution in [1.82, 2.24) is 25.3 Å². The lowest BCUT2D eigenvalue weighted by atomic mass is 10.0. The largest absolute Gasteiger partial charge is 0.496 e. The number of hydrogen-bond donors (Lipinski definition) is 2. The Balaban J connectivity index is 1.86. The van der Waals surface area contributed by atoms with Gasteiger partial charge < -0.3 is 9.64 Å². The van der Waals surface area contributed by atoms with Gasteiger partial charge in [0.25, 0.3) is 5.91 Å². The smallest absolute Gasteiger partial charge is 0.272 e. The highest BCUT2D eigenvalue weighted by atomic mass is 16.5. The SMILES string of the molecule is COc1ccccc1-c1cc(C(=O)N(C)[C@H](C)c2c(C)n[nH]c2C)[nH]n1. The third-order valence-corrected chi connectivity index (χ3v) is 4.70. The molecule has 0 spiro atoms. The number of aryl methyl sites for hydroxylation is 2. The molecule has 0 aliphatic rings. The second kappa shape index (κ2) is 7.03. The van der Waals surface area contributed by atoms with E-state index in [1.54, 1.807) is 25.1 Å². The number of hydrogen-bond acceptors (Lipinski definition) is 4. The molecule has 0 aliphatic heterocycles. The molecule has 0 radical (unpaired) electrons. The molecular formula is C19H23N5O2. The molecule has 1 amide bonds. The van der Waals surface area contributed by atoms with Gasteiger partial charge in [0.05, 0.1) is 24.5 Å². The van der Waals surface area contributed by atoms with Gasteiger partial charge in [0.2, 0.25) is 0 Å². The Labute approximate surface area is 152 Å². The third kappa shape index (κ3) is 3.08. The van der Waals surface area contributed by atoms with E-state index in [0.717, 1.165) is 22.5 Å². The fraction of sp³-hybridized carbons (Fsp3) is 0.316. The minimum Gasteiger partial charge on any atom is -0.496 e. The second-order valence-electron chi connectivity index (χ2n) is 6.31. The number of para-hydroxylation sites is 1. The molecule has 2 N–H and O–H groups in total. The molecule has 0 unspecified atom stereocenters. The first-order valence-electron chi connectivity index (χ1n) is 8.41. The molecule has 1 aromatic carbocycles. The first kappa shape index (κ1) is 17.7. The van der Waals surface area contributed by atoms with Gasteiger partial charge in [0.15, 0.2) is 0 Å². The molecule has 3 aromatic rings. The van der Waals surface area contributed by atoms with Gasteiger partial charge >= 0.3 is 0 Å². The van der Waals surface area contributed by atoms with Crippen LogP contribution in [-0.2, 0) is 0 Å². The summed E-state index contributed by atoms with van der Waals surface area (Å²) in [7, 11) is 3.39. The monoisotopic (exact) mass is 353 g/mol. The molecule has 1 atom stereocenters. The van der Waals surface area contributed by atoms with Gasteiger partial charge in [0.1, 0.15) is 11.4 Å². The van der Waals surface area contributed by atoms with Crippen LogP contribution >= 0.6 is 0 Å². The highest BCUT2D eigenvalue weighted by Gasteiger charge is 2.24. The minimum absolute atomic E-state index is 0.112. The van der Waals surface area contributed by atoms with Crippen molar-refractivity contribution in [3.63, 3.8) is 0 Å². The zero-order chi connectivity index (χ0) is 18.8. The fourth-order valence-electron chi connectivity index (χ4n) is 3.16. The summed E-state index contributed by atoms with van der Waals surface area (Å²) in [6, 6.07) is 9.22. The van der Waals surface area contributed by atoms with Crippen LogP contribution in [0.4, 0.5) is 0 Å². The maximum absolute atomic E-state index is 12.9. The Bertz CT molecular complexity index is 908. The molecule has 3 rings (SSSR count). The first-order valence-corrected chi connectivity index (χ1v) is 8.41. The summed E-state index contributed by atoms with van der Waals surface area (Å²) in [5, 5.41) is 14.3. The number of nitrogens with zero attached hydrogens (tertiary/aromatic N) is 3. The molecule has 0 fully saturated rings. The number of methoxy groups -OCH3 is 1. The van der Waals surface area contributed by atoms with Crippen molar-refractivity contribution < 1.29 is 9.53 Å². The van der Waals surface area contributed by atoms with Crippen LogP contribution in [0.2, 0.25) is 0 Å². The number of H-pyrrole nitrogens is 2. The Morgan fingerprint density at radius 3 is 2.58 bits per heavy atom. The van der Waals surface area contributed by atoms with Crippen molar-refractivity contribution in [2.24, 2.45) is 0 Å². The number of aromatic nitrogens is 4. The number of amides is 1. The maximum Gasteiger partial charge on any atom is 0.272 e. The Morgan fingerprint density at radius 1 is 1.19 bits per heavy atom. The summed E-state index contributed by atoms with van der Waals surface area (Å²) in [6.45, 7) is 5.88. The van der Waals surface area contributed by atoms with Gasteiger partial charge in [-0.2, -0.15) is 10.2 Å². The Morgan fingerprint density at radius 2 is 1.92 bits per heavy atom. The van der Waals surface area contributed by atoms with Crippen molar-refractivity contribution in [3.8, 4) is 17.0 Å². The van der Waals surface area contributed by atoms with Crippen molar-refractivity contribution >= 4 is 5.91 Å². The van der Waals surface area contributed by atoms with E-state index in [1.165, 1.54) is 0 Å². The molecule has 2 heterocycles. The van der Waals surface area contributed by atoms with Crippen LogP contribution in [0.1, 0.15) is 40.4 Å². The van der Waals surface area contributed by atoms with Gasteiger partial charge in [-0.1, -0.05) is 12.1 Å². The molecule has 7 nitrogen and oxygen atoms in total. The second-order valence-corrected chi connectivity index (χ2v) is 6.31. The molecular weight excluding hydrogens is 330 g/mol. The lowest BCUT2D eigenvalue weighted by molar-refractivity contribution is 0.0736. The first-order chi connectivity index (χ1) is 12.4. The molecule has 26 heavy (non-hydrogen) atoms. The van der Waals surface area contributed by atoms with Crippen molar-refractivity contribution in [3.05, 3.63) is 53.0 Å². The van der Waals surface area contributed by atoms with Crippen molar-refractivity contribution in [2.75, 3.05) is 14.2 Å². The van der Waals surface area contributed by atoms with Crippen LogP contribution in [0.3, 0.4) is 0 Å². The zero-order valence-corrected chi connectivity index (χ0v) is 15.6. The molecule has 0 saturated carbocycles. The Hall–Kier alpha value is -3.09. The summed E-state index contributed by atoms with van der Waals surface area (Å²) in [5.41, 5.74) is 4.83. The average molecular weight is 353 g/mol. The highest BCUT2D eigenvalue weighted by Crippen LogP contribution is 2.29. The summed E-state index contributed by atoms with van der Waals surface area (Å²) in [5.74, 6) is 0.579. The lowest BCUT2D eigenvalue weighted by Crippen LogP contribution is -2.30. The minimum atomic E-state index is -0.133. The van der Waals surface area contributed by atoms with Gasteiger partial charge in [-0.15, -0.1) is 0 Å². The van der Waals surface area contributed by atoms with Crippen LogP contribution in [0, 0.1) is 13.8 Å². The van der Waals surface area contributed by atoms with E-state index in [0.29, 0.717) is 17.1 Å². The van der Waals surface area contributed by atoms with E-state index in [2.05, 4.69) is 20.4 Å². The van der Waals surface area contributed by atoms with E-state index >= 15 is 0 Å². The highest BCUT2D eigenvalue weighted by molar-refractivity contribution is 5.93. The lowest BCUT2D eigenvalue weighted by Gasteiger charge is -2.24. The summed E-state index contributed by atoms with van der Waals surface area (Å²) in [4.78, 5) is 14.6. The molecule has 0 aliphatic carbocycles. The predicted molar refractivity (Wildman–Crippen MR) is 99.1 cm³/mol. The van der Waals surface area contributed by atoms with Crippen molar-refractivity contribution in [1.29, 1.82) is 0 Å². The third-order valence-electron chi connectivity index (χ3n) is 4.70. The predicted octanol–water partition coefficient (Wildman–Crippen LogP) is 3.26. The maximum atomic E-state index is 12.9. The molecule has 2 aromatic heterocycles. The molecule has 0 saturated heterocycles. The number of carbonyl (C=O) groups is 1. The van der Waals surface area contributed by atoms with Crippen LogP contribution < -0.4 is 4.74 Å². The normalized spacial score (nSPS) is 12.0. The number of benzene rings is 1. The molecule has 136 valence electrons. The van der Waals surface area contributed by atoms with Gasteiger partial charge in [-0.3, -0.25) is 15.0 Å². The van der Waals surface area contributed by atoms with E-state index in [1.807, 2.05) is 45.0 Å². The number of nitrogens with one attached hydrogen (secondary N) is 2. The van der Waals surface area contributed by atoms with E-state index < -0.39 is 0 Å². The summed E-state index contributed by atoms with van der Waals surface area (Å²) in [6.07, 6.45) is 0. The number of carbonyl (C=O) groups excluding carboxylic acids is 1. The summed E-state index contributed by atoms with van der Waals surface area (Å²) < 4.78 is 5.37. The molecule has 0 bridgehead atoms. The van der Waals surface area contributed by atoms with E-state index in [4.69, 9.17) is 4.74 Å². The zero-order valence-electron chi connectivity index (χ0n) is 15.6. The van der Waals surface area contributed by atoms with E-state index in [9.17, 15) is 4.79 Å². The van der Waals surface area contributed by atoms with Crippen LogP contribution in [-0.4, -0.2) is 45.4 Å². The topological polar surface area (TPSA) is 86.9 Å².